The Labute approximate surface area is 276 Å². The normalized spacial score (nSPS) is 28.6. The molecule has 2 aromatic carbocycles. The highest BCUT2D eigenvalue weighted by Crippen LogP contribution is 2.55. The van der Waals surface area contributed by atoms with Crippen molar-refractivity contribution in [2.75, 3.05) is 24.6 Å². The molecule has 4 atom stereocenters. The largest absolute Gasteiger partial charge is 0.502 e. The lowest BCUT2D eigenvalue weighted by atomic mass is 9.65. The van der Waals surface area contributed by atoms with Gasteiger partial charge in [-0.25, -0.2) is 0 Å². The minimum absolute atomic E-state index is 0.0155. The van der Waals surface area contributed by atoms with Gasteiger partial charge in [0.1, 0.15) is 6.61 Å². The lowest BCUT2D eigenvalue weighted by Crippen LogP contribution is -2.57. The van der Waals surface area contributed by atoms with Crippen LogP contribution in [0.1, 0.15) is 63.6 Å². The van der Waals surface area contributed by atoms with Crippen LogP contribution in [0.15, 0.2) is 48.5 Å². The molecule has 1 aliphatic carbocycles. The van der Waals surface area contributed by atoms with E-state index in [0.717, 1.165) is 16.8 Å². The topological polar surface area (TPSA) is 155 Å². The Kier molecular flexibility index (Phi) is 9.04. The van der Waals surface area contributed by atoms with E-state index in [4.69, 9.17) is 23.7 Å². The predicted octanol–water partition coefficient (Wildman–Crippen LogP) is 4.02. The molecule has 1 amide bonds. The SMILES string of the molecule is CC1O[Si]2(CCCNC(=O)[C@H](N)CCC(=O)OCCN3c4ccccc4C(C)(C)C34C=Cc3cc([N+](=O)[O-])ccc3C4)OC(C)C1O2. The number of fused-ring (bicyclic) bond motifs is 4. The van der Waals surface area contributed by atoms with Gasteiger partial charge in [-0.3, -0.25) is 19.7 Å². The molecule has 2 saturated heterocycles. The van der Waals surface area contributed by atoms with Gasteiger partial charge in [0, 0.05) is 48.7 Å². The molecule has 2 aromatic rings. The third-order valence-electron chi connectivity index (χ3n) is 10.3. The van der Waals surface area contributed by atoms with Crippen LogP contribution in [0, 0.1) is 10.1 Å². The van der Waals surface area contributed by atoms with Crippen molar-refractivity contribution in [3.63, 3.8) is 0 Å². The van der Waals surface area contributed by atoms with E-state index in [1.807, 2.05) is 38.1 Å². The lowest BCUT2D eigenvalue weighted by Gasteiger charge is -2.48. The van der Waals surface area contributed by atoms with Gasteiger partial charge < -0.3 is 34.0 Å². The number of nitrogens with two attached hydrogens (primary N) is 1. The second-order valence-electron chi connectivity index (χ2n) is 13.5. The number of rotatable bonds is 12. The van der Waals surface area contributed by atoms with Crippen molar-refractivity contribution in [2.45, 2.75) is 94.7 Å². The third-order valence-corrected chi connectivity index (χ3v) is 13.3. The average Bonchev–Trinajstić information content (AvgIpc) is 3.61. The van der Waals surface area contributed by atoms with Crippen LogP contribution in [-0.2, 0) is 39.4 Å². The fourth-order valence-electron chi connectivity index (χ4n) is 7.66. The minimum Gasteiger partial charge on any atom is -0.464 e. The molecule has 3 aliphatic heterocycles. The van der Waals surface area contributed by atoms with Crippen LogP contribution in [0.3, 0.4) is 0 Å². The van der Waals surface area contributed by atoms with E-state index >= 15 is 0 Å². The number of nitrogens with zero attached hydrogens (tertiary/aromatic N) is 2. The van der Waals surface area contributed by atoms with E-state index in [9.17, 15) is 19.7 Å². The first-order valence-electron chi connectivity index (χ1n) is 16.4. The number of anilines is 1. The molecule has 13 heteroatoms. The first-order valence-corrected chi connectivity index (χ1v) is 18.4. The van der Waals surface area contributed by atoms with Crippen LogP contribution < -0.4 is 16.0 Å². The summed E-state index contributed by atoms with van der Waals surface area (Å²) in [5, 5.41) is 14.2. The number of ether oxygens (including phenoxy) is 1. The molecule has 2 bridgehead atoms. The zero-order valence-electron chi connectivity index (χ0n) is 27.4. The zero-order valence-corrected chi connectivity index (χ0v) is 28.4. The average molecular weight is 665 g/mol. The highest BCUT2D eigenvalue weighted by atomic mass is 28.4. The molecule has 0 aromatic heterocycles. The molecule has 3 N–H and O–H groups in total. The number of nitro benzene ring substituents is 1. The van der Waals surface area contributed by atoms with Crippen LogP contribution in [0.4, 0.5) is 11.4 Å². The number of esters is 1. The standard InChI is InChI=1S/C34H44N4O8Si/c1-22-31-23(2)45-47(44-22,46-31)19-7-16-36-32(40)28(35)12-13-30(39)43-18-17-37-29-9-6-5-8-27(29)33(3,4)34(37)15-14-24-20-26(38(41)42)11-10-25(24)21-34/h5-6,8-11,14-15,20,22-23,28,31H,7,12-13,16-19,21,35H2,1-4H3,(H,36,40)/t22?,23?,28-,31?,34?,47?/m1/s1. The van der Waals surface area contributed by atoms with Crippen molar-refractivity contribution in [2.24, 2.45) is 5.73 Å². The smallest absolute Gasteiger partial charge is 0.464 e. The Hall–Kier alpha value is -3.62. The van der Waals surface area contributed by atoms with Gasteiger partial charge in [0.2, 0.25) is 5.91 Å². The highest BCUT2D eigenvalue weighted by molar-refractivity contribution is 6.62. The highest BCUT2D eigenvalue weighted by Gasteiger charge is 2.61. The number of amides is 1. The van der Waals surface area contributed by atoms with Crippen LogP contribution in [-0.4, -0.2) is 75.2 Å². The van der Waals surface area contributed by atoms with Gasteiger partial charge in [0.05, 0.1) is 41.4 Å². The molecular weight excluding hydrogens is 620 g/mol. The molecule has 2 fully saturated rings. The first kappa shape index (κ1) is 33.3. The van der Waals surface area contributed by atoms with Gasteiger partial charge in [-0.1, -0.05) is 50.3 Å². The number of benzene rings is 2. The van der Waals surface area contributed by atoms with Gasteiger partial charge >= 0.3 is 14.8 Å². The summed E-state index contributed by atoms with van der Waals surface area (Å²) < 4.78 is 23.6. The lowest BCUT2D eigenvalue weighted by molar-refractivity contribution is -0.384. The molecule has 3 heterocycles. The summed E-state index contributed by atoms with van der Waals surface area (Å²) in [6.45, 7) is 9.44. The van der Waals surface area contributed by atoms with E-state index in [2.05, 4.69) is 42.3 Å². The number of hydrogen-bond donors (Lipinski definition) is 2. The second-order valence-corrected chi connectivity index (χ2v) is 16.1. The van der Waals surface area contributed by atoms with Crippen molar-refractivity contribution in [3.05, 3.63) is 75.3 Å². The quantitative estimate of drug-likeness (QED) is 0.112. The zero-order chi connectivity index (χ0) is 33.6. The van der Waals surface area contributed by atoms with E-state index in [1.54, 1.807) is 12.1 Å². The van der Waals surface area contributed by atoms with Crippen molar-refractivity contribution >= 4 is 38.1 Å². The summed E-state index contributed by atoms with van der Waals surface area (Å²) in [5.74, 6) is -0.729. The van der Waals surface area contributed by atoms with E-state index in [0.29, 0.717) is 32.0 Å². The number of hydrogen-bond acceptors (Lipinski definition) is 10. The second kappa shape index (κ2) is 12.8. The Bertz CT molecular complexity index is 1570. The predicted molar refractivity (Wildman–Crippen MR) is 178 cm³/mol. The molecule has 252 valence electrons. The van der Waals surface area contributed by atoms with Crippen molar-refractivity contribution in [1.82, 2.24) is 5.32 Å². The molecule has 47 heavy (non-hydrogen) atoms. The summed E-state index contributed by atoms with van der Waals surface area (Å²) in [7, 11) is -2.65. The molecule has 4 aliphatic rings. The van der Waals surface area contributed by atoms with Gasteiger partial charge in [-0.15, -0.1) is 0 Å². The third kappa shape index (κ3) is 6.11. The van der Waals surface area contributed by atoms with Gasteiger partial charge in [-0.05, 0) is 49.4 Å². The van der Waals surface area contributed by atoms with E-state index in [-0.39, 0.29) is 59.7 Å². The number of carbonyl (C=O) groups is 2. The monoisotopic (exact) mass is 664 g/mol. The summed E-state index contributed by atoms with van der Waals surface area (Å²) in [6, 6.07) is 13.1. The van der Waals surface area contributed by atoms with Crippen LogP contribution in [0.25, 0.3) is 6.08 Å². The Morgan fingerprint density at radius 2 is 1.91 bits per heavy atom. The molecule has 6 rings (SSSR count). The molecule has 3 unspecified atom stereocenters. The molecular formula is C34H44N4O8Si. The van der Waals surface area contributed by atoms with Crippen LogP contribution >= 0.6 is 0 Å². The molecule has 12 nitrogen and oxygen atoms in total. The Morgan fingerprint density at radius 3 is 2.64 bits per heavy atom. The van der Waals surface area contributed by atoms with Crippen molar-refractivity contribution < 1.29 is 32.5 Å². The van der Waals surface area contributed by atoms with Crippen LogP contribution in [0.2, 0.25) is 6.04 Å². The maximum Gasteiger partial charge on any atom is 0.502 e. The number of nitro groups is 1. The number of non-ortho nitro benzene ring substituents is 1. The number of nitrogens with one attached hydrogen (secondary N) is 1. The summed E-state index contributed by atoms with van der Waals surface area (Å²) in [4.78, 5) is 38.6. The van der Waals surface area contributed by atoms with Crippen molar-refractivity contribution in [1.29, 1.82) is 0 Å². The molecule has 0 saturated carbocycles. The Balaban J connectivity index is 1.000. The molecule has 1 spiro atoms. The van der Waals surface area contributed by atoms with Gasteiger partial charge in [0.25, 0.3) is 5.69 Å². The fraction of sp³-hybridized carbons (Fsp3) is 0.529. The summed E-state index contributed by atoms with van der Waals surface area (Å²) in [6.07, 6.45) is 5.65. The van der Waals surface area contributed by atoms with E-state index in [1.165, 1.54) is 5.56 Å². The minimum atomic E-state index is -2.65. The molecule has 0 radical (unpaired) electrons. The van der Waals surface area contributed by atoms with Crippen LogP contribution in [0.5, 0.6) is 0 Å². The summed E-state index contributed by atoms with van der Waals surface area (Å²) >= 11 is 0. The number of carbonyl (C=O) groups excluding carboxylic acids is 2. The van der Waals surface area contributed by atoms with Gasteiger partial charge in [0.15, 0.2) is 0 Å². The maximum atomic E-state index is 12.7. The van der Waals surface area contributed by atoms with Gasteiger partial charge in [-0.2, -0.15) is 0 Å². The Morgan fingerprint density at radius 1 is 1.17 bits per heavy atom. The fourth-order valence-corrected chi connectivity index (χ4v) is 11.0. The number of para-hydroxylation sites is 1. The maximum absolute atomic E-state index is 12.7. The van der Waals surface area contributed by atoms with E-state index < -0.39 is 26.4 Å². The van der Waals surface area contributed by atoms with Crippen molar-refractivity contribution in [3.8, 4) is 0 Å². The first-order chi connectivity index (χ1) is 22.4. The summed E-state index contributed by atoms with van der Waals surface area (Å²) in [5.41, 5.74) is 9.52.